The van der Waals surface area contributed by atoms with Crippen molar-refractivity contribution in [1.29, 1.82) is 0 Å². The van der Waals surface area contributed by atoms with Gasteiger partial charge in [-0.1, -0.05) is 51.2 Å². The Morgan fingerprint density at radius 3 is 2.37 bits per heavy atom. The number of hydrogen-bond acceptors (Lipinski definition) is 2. The van der Waals surface area contributed by atoms with Crippen molar-refractivity contribution in [3.05, 3.63) is 0 Å². The summed E-state index contributed by atoms with van der Waals surface area (Å²) >= 11 is 4.89. The first-order valence-corrected chi connectivity index (χ1v) is 8.13. The van der Waals surface area contributed by atoms with Crippen LogP contribution in [0.25, 0.3) is 0 Å². The lowest BCUT2D eigenvalue weighted by atomic mass is 10.1. The number of rotatable bonds is 11. The maximum atomic E-state index is 12.2. The Bertz CT molecular complexity index is 290. The van der Waals surface area contributed by atoms with Crippen molar-refractivity contribution in [3.8, 4) is 0 Å². The van der Waals surface area contributed by atoms with Gasteiger partial charge in [-0.25, -0.2) is 0 Å². The molecule has 4 heteroatoms. The van der Waals surface area contributed by atoms with Crippen molar-refractivity contribution >= 4 is 23.1 Å². The Morgan fingerprint density at radius 1 is 1.16 bits per heavy atom. The summed E-state index contributed by atoms with van der Waals surface area (Å²) in [5.74, 6) is 0.300. The van der Waals surface area contributed by atoms with Crippen molar-refractivity contribution in [2.45, 2.75) is 77.2 Å². The molecule has 2 N–H and O–H groups in total. The molecule has 0 unspecified atom stereocenters. The molecule has 0 aromatic rings. The topological polar surface area (TPSA) is 46.3 Å². The molecule has 19 heavy (non-hydrogen) atoms. The predicted molar refractivity (Wildman–Crippen MR) is 84.1 cm³/mol. The van der Waals surface area contributed by atoms with E-state index >= 15 is 0 Å². The Labute approximate surface area is 122 Å². The second-order valence-corrected chi connectivity index (χ2v) is 6.08. The first kappa shape index (κ1) is 16.4. The minimum absolute atomic E-state index is 0.300. The quantitative estimate of drug-likeness (QED) is 0.467. The van der Waals surface area contributed by atoms with E-state index in [-0.39, 0.29) is 0 Å². The second kappa shape index (κ2) is 9.29. The lowest BCUT2D eigenvalue weighted by Gasteiger charge is -2.22. The number of thiocarbonyl (C=S) groups is 1. The smallest absolute Gasteiger partial charge is 0.222 e. The number of nitrogens with two attached hydrogens (primary N) is 1. The average Bonchev–Trinajstić information content (AvgIpc) is 3.18. The van der Waals surface area contributed by atoms with Crippen LogP contribution in [0.3, 0.4) is 0 Å². The molecule has 1 fully saturated rings. The van der Waals surface area contributed by atoms with Crippen LogP contribution in [-0.2, 0) is 4.79 Å². The van der Waals surface area contributed by atoms with E-state index in [2.05, 4.69) is 6.92 Å². The number of carbonyl (C=O) groups is 1. The van der Waals surface area contributed by atoms with Crippen molar-refractivity contribution < 1.29 is 4.79 Å². The molecule has 1 aliphatic carbocycles. The van der Waals surface area contributed by atoms with E-state index in [1.54, 1.807) is 0 Å². The highest BCUT2D eigenvalue weighted by Gasteiger charge is 2.31. The fourth-order valence-electron chi connectivity index (χ4n) is 2.33. The summed E-state index contributed by atoms with van der Waals surface area (Å²) in [6, 6.07) is 0.474. The first-order chi connectivity index (χ1) is 9.15. The van der Waals surface area contributed by atoms with E-state index < -0.39 is 0 Å². The molecule has 1 aliphatic rings. The van der Waals surface area contributed by atoms with Gasteiger partial charge in [-0.15, -0.1) is 0 Å². The molecule has 3 nitrogen and oxygen atoms in total. The molecule has 0 aromatic carbocycles. The van der Waals surface area contributed by atoms with Crippen LogP contribution in [-0.4, -0.2) is 28.4 Å². The van der Waals surface area contributed by atoms with Gasteiger partial charge in [-0.3, -0.25) is 4.79 Å². The Kier molecular flexibility index (Phi) is 8.03. The zero-order valence-electron chi connectivity index (χ0n) is 12.2. The lowest BCUT2D eigenvalue weighted by Crippen LogP contribution is -2.35. The van der Waals surface area contributed by atoms with Gasteiger partial charge < -0.3 is 10.6 Å². The van der Waals surface area contributed by atoms with Crippen molar-refractivity contribution in [3.63, 3.8) is 0 Å². The van der Waals surface area contributed by atoms with Gasteiger partial charge in [0.2, 0.25) is 5.91 Å². The molecule has 0 aromatic heterocycles. The van der Waals surface area contributed by atoms with Crippen molar-refractivity contribution in [2.75, 3.05) is 6.54 Å². The van der Waals surface area contributed by atoms with E-state index in [0.717, 1.165) is 19.3 Å². The highest BCUT2D eigenvalue weighted by molar-refractivity contribution is 7.80. The third kappa shape index (κ3) is 7.51. The number of carbonyl (C=O) groups excluding carboxylic acids is 1. The van der Waals surface area contributed by atoms with E-state index in [4.69, 9.17) is 18.0 Å². The van der Waals surface area contributed by atoms with E-state index in [1.165, 1.54) is 32.1 Å². The maximum Gasteiger partial charge on any atom is 0.222 e. The molecule has 1 saturated carbocycles. The highest BCUT2D eigenvalue weighted by atomic mass is 32.1. The molecule has 0 radical (unpaired) electrons. The van der Waals surface area contributed by atoms with E-state index in [1.807, 2.05) is 4.90 Å². The Hall–Kier alpha value is -0.640. The zero-order valence-corrected chi connectivity index (χ0v) is 13.0. The maximum absolute atomic E-state index is 12.2. The Balaban J connectivity index is 2.15. The molecule has 0 bridgehead atoms. The minimum atomic E-state index is 0.300. The van der Waals surface area contributed by atoms with Crippen LogP contribution in [0.15, 0.2) is 0 Å². The average molecular weight is 284 g/mol. The molecule has 110 valence electrons. The minimum Gasteiger partial charge on any atom is -0.393 e. The molecule has 0 atom stereocenters. The molecule has 0 heterocycles. The van der Waals surface area contributed by atoms with Gasteiger partial charge >= 0.3 is 0 Å². The number of hydrogen-bond donors (Lipinski definition) is 1. The molecule has 0 spiro atoms. The van der Waals surface area contributed by atoms with Gasteiger partial charge in [-0.05, 0) is 19.3 Å². The van der Waals surface area contributed by atoms with Gasteiger partial charge in [0.15, 0.2) is 0 Å². The summed E-state index contributed by atoms with van der Waals surface area (Å²) in [6.45, 7) is 2.94. The largest absolute Gasteiger partial charge is 0.393 e. The molecular formula is C15H28N2OS. The summed E-state index contributed by atoms with van der Waals surface area (Å²) in [5.41, 5.74) is 5.52. The fraction of sp³-hybridized carbons (Fsp3) is 0.867. The standard InChI is InChI=1S/C15H28N2OS/c1-2-3-4-5-6-7-8-15(18)17(13-9-10-13)12-11-14(16)19/h13H,2-12H2,1H3,(H2,16,19). The normalized spacial score (nSPS) is 14.4. The lowest BCUT2D eigenvalue weighted by molar-refractivity contribution is -0.131. The molecule has 0 aliphatic heterocycles. The summed E-state index contributed by atoms with van der Waals surface area (Å²) in [4.78, 5) is 14.7. The monoisotopic (exact) mass is 284 g/mol. The van der Waals surface area contributed by atoms with Gasteiger partial charge in [0.05, 0.1) is 4.99 Å². The van der Waals surface area contributed by atoms with Gasteiger partial charge in [0.1, 0.15) is 0 Å². The molecule has 0 saturated heterocycles. The van der Waals surface area contributed by atoms with Crippen molar-refractivity contribution in [1.82, 2.24) is 4.90 Å². The fourth-order valence-corrected chi connectivity index (χ4v) is 2.42. The van der Waals surface area contributed by atoms with Crippen LogP contribution in [0.5, 0.6) is 0 Å². The number of amides is 1. The highest BCUT2D eigenvalue weighted by Crippen LogP contribution is 2.27. The van der Waals surface area contributed by atoms with Crippen LogP contribution >= 0.6 is 12.2 Å². The van der Waals surface area contributed by atoms with Crippen LogP contribution in [0, 0.1) is 0 Å². The summed E-state index contributed by atoms with van der Waals surface area (Å²) < 4.78 is 0. The zero-order chi connectivity index (χ0) is 14.1. The van der Waals surface area contributed by atoms with Crippen LogP contribution < -0.4 is 5.73 Å². The third-order valence-electron chi connectivity index (χ3n) is 3.65. The predicted octanol–water partition coefficient (Wildman–Crippen LogP) is 3.40. The van der Waals surface area contributed by atoms with Crippen LogP contribution in [0.2, 0.25) is 0 Å². The molecular weight excluding hydrogens is 256 g/mol. The van der Waals surface area contributed by atoms with Crippen LogP contribution in [0.4, 0.5) is 0 Å². The van der Waals surface area contributed by atoms with Gasteiger partial charge in [-0.2, -0.15) is 0 Å². The molecule has 1 rings (SSSR count). The summed E-state index contributed by atoms with van der Waals surface area (Å²) in [7, 11) is 0. The SMILES string of the molecule is CCCCCCCCC(=O)N(CCC(N)=S)C1CC1. The van der Waals surface area contributed by atoms with Crippen LogP contribution in [0.1, 0.15) is 71.1 Å². The Morgan fingerprint density at radius 2 is 1.79 bits per heavy atom. The van der Waals surface area contributed by atoms with E-state index in [0.29, 0.717) is 36.3 Å². The van der Waals surface area contributed by atoms with Gasteiger partial charge in [0.25, 0.3) is 0 Å². The van der Waals surface area contributed by atoms with Crippen molar-refractivity contribution in [2.24, 2.45) is 5.73 Å². The summed E-state index contributed by atoms with van der Waals surface area (Å²) in [6.07, 6.45) is 11.0. The first-order valence-electron chi connectivity index (χ1n) is 7.73. The number of unbranched alkanes of at least 4 members (excludes halogenated alkanes) is 5. The van der Waals surface area contributed by atoms with Gasteiger partial charge in [0, 0.05) is 25.4 Å². The third-order valence-corrected chi connectivity index (χ3v) is 3.86. The summed E-state index contributed by atoms with van der Waals surface area (Å²) in [5, 5.41) is 0. The second-order valence-electron chi connectivity index (χ2n) is 5.55. The van der Waals surface area contributed by atoms with E-state index in [9.17, 15) is 4.79 Å². The molecule has 1 amide bonds. The number of nitrogens with zero attached hydrogens (tertiary/aromatic N) is 1.